The predicted molar refractivity (Wildman–Crippen MR) is 90.4 cm³/mol. The minimum atomic E-state index is 0.905. The number of pyridine rings is 1. The first kappa shape index (κ1) is 12.8. The Morgan fingerprint density at radius 1 is 0.818 bits per heavy atom. The number of nitrogens with zero attached hydrogens (tertiary/aromatic N) is 2. The highest BCUT2D eigenvalue weighted by molar-refractivity contribution is 5.95. The van der Waals surface area contributed by atoms with Gasteiger partial charge in [-0.2, -0.15) is 0 Å². The third-order valence-electron chi connectivity index (χ3n) is 3.96. The molecule has 0 amide bonds. The van der Waals surface area contributed by atoms with Crippen molar-refractivity contribution in [2.45, 2.75) is 0 Å². The Hall–Kier alpha value is -2.87. The van der Waals surface area contributed by atoms with Crippen LogP contribution in [0.5, 0.6) is 0 Å². The summed E-state index contributed by atoms with van der Waals surface area (Å²) in [5.41, 5.74) is 6.62. The number of fused-ring (bicyclic) bond motifs is 1. The number of hydrogen-bond acceptors (Lipinski definition) is 1. The highest BCUT2D eigenvalue weighted by Crippen LogP contribution is 2.32. The Labute approximate surface area is 129 Å². The Kier molecular flexibility index (Phi) is 3.01. The molecule has 2 nitrogen and oxygen atoms in total. The monoisotopic (exact) mass is 283 g/mol. The van der Waals surface area contributed by atoms with E-state index < -0.39 is 0 Å². The second-order valence-corrected chi connectivity index (χ2v) is 5.32. The largest absolute Gasteiger partial charge is 0.341 e. The molecule has 0 aliphatic carbocycles. The van der Waals surface area contributed by atoms with Crippen molar-refractivity contribution in [2.24, 2.45) is 7.05 Å². The lowest BCUT2D eigenvalue weighted by molar-refractivity contribution is 0.977. The van der Waals surface area contributed by atoms with Crippen LogP contribution in [0.2, 0.25) is 0 Å². The molecule has 22 heavy (non-hydrogen) atoms. The van der Waals surface area contributed by atoms with Crippen LogP contribution in [0.15, 0.2) is 72.9 Å². The third-order valence-corrected chi connectivity index (χ3v) is 3.96. The molecule has 0 bridgehead atoms. The lowest BCUT2D eigenvalue weighted by atomic mass is 10.1. The molecule has 0 saturated heterocycles. The molecular formula is C20H15N2. The van der Waals surface area contributed by atoms with Crippen LogP contribution in [0.3, 0.4) is 0 Å². The number of aromatic nitrogens is 2. The van der Waals surface area contributed by atoms with Gasteiger partial charge in [-0.15, -0.1) is 0 Å². The maximum atomic E-state index is 4.50. The molecule has 0 aliphatic heterocycles. The predicted octanol–water partition coefficient (Wildman–Crippen LogP) is 4.71. The second kappa shape index (κ2) is 5.15. The summed E-state index contributed by atoms with van der Waals surface area (Å²) in [6.45, 7) is 0. The molecule has 0 spiro atoms. The molecular weight excluding hydrogens is 268 g/mol. The summed E-state index contributed by atoms with van der Waals surface area (Å²) in [5.74, 6) is 0. The fraction of sp³-hybridized carbons (Fsp3) is 0.0500. The van der Waals surface area contributed by atoms with Crippen LogP contribution >= 0.6 is 0 Å². The number of benzene rings is 2. The summed E-state index contributed by atoms with van der Waals surface area (Å²) in [7, 11) is 2.08. The molecule has 4 rings (SSSR count). The molecule has 0 N–H and O–H groups in total. The van der Waals surface area contributed by atoms with Gasteiger partial charge in [0.05, 0.1) is 16.7 Å². The van der Waals surface area contributed by atoms with Crippen LogP contribution in [-0.2, 0) is 7.05 Å². The summed E-state index contributed by atoms with van der Waals surface area (Å²) in [6, 6.07) is 26.3. The van der Waals surface area contributed by atoms with Gasteiger partial charge in [0.2, 0.25) is 0 Å². The van der Waals surface area contributed by atoms with E-state index in [-0.39, 0.29) is 0 Å². The van der Waals surface area contributed by atoms with Gasteiger partial charge < -0.3 is 4.57 Å². The zero-order valence-corrected chi connectivity index (χ0v) is 12.3. The summed E-state index contributed by atoms with van der Waals surface area (Å²) in [4.78, 5) is 4.50. The molecule has 0 atom stereocenters. The molecule has 0 fully saturated rings. The molecule has 4 aromatic rings. The van der Waals surface area contributed by atoms with Gasteiger partial charge in [-0.25, -0.2) is 0 Å². The third kappa shape index (κ3) is 2.01. The fourth-order valence-electron chi connectivity index (χ4n) is 2.91. The van der Waals surface area contributed by atoms with E-state index in [1.165, 1.54) is 11.1 Å². The van der Waals surface area contributed by atoms with Crippen LogP contribution in [0, 0.1) is 6.07 Å². The zero-order chi connectivity index (χ0) is 14.9. The topological polar surface area (TPSA) is 17.8 Å². The lowest BCUT2D eigenvalue weighted by Gasteiger charge is -2.08. The average molecular weight is 283 g/mol. The van der Waals surface area contributed by atoms with Crippen molar-refractivity contribution < 1.29 is 0 Å². The van der Waals surface area contributed by atoms with E-state index in [9.17, 15) is 0 Å². The molecule has 105 valence electrons. The minimum Gasteiger partial charge on any atom is -0.341 e. The number of rotatable bonds is 2. The maximum Gasteiger partial charge on any atom is 0.0973 e. The maximum absolute atomic E-state index is 4.50. The Morgan fingerprint density at radius 3 is 2.14 bits per heavy atom. The van der Waals surface area contributed by atoms with Crippen LogP contribution in [0.25, 0.3) is 33.4 Å². The molecule has 2 heterocycles. The van der Waals surface area contributed by atoms with Gasteiger partial charge in [-0.1, -0.05) is 60.7 Å². The number of hydrogen-bond donors (Lipinski definition) is 0. The van der Waals surface area contributed by atoms with Gasteiger partial charge in [0.1, 0.15) is 0 Å². The molecule has 0 unspecified atom stereocenters. The van der Waals surface area contributed by atoms with Crippen molar-refractivity contribution in [3.63, 3.8) is 0 Å². The molecule has 2 aromatic heterocycles. The minimum absolute atomic E-state index is 0.905. The summed E-state index contributed by atoms with van der Waals surface area (Å²) in [5, 5.41) is 0. The van der Waals surface area contributed by atoms with E-state index in [1.807, 2.05) is 30.5 Å². The van der Waals surface area contributed by atoms with Crippen molar-refractivity contribution in [3.8, 4) is 22.4 Å². The summed E-state index contributed by atoms with van der Waals surface area (Å²) in [6.07, 6.45) is 1.86. The van der Waals surface area contributed by atoms with Gasteiger partial charge in [-0.3, -0.25) is 4.98 Å². The molecule has 2 heteroatoms. The van der Waals surface area contributed by atoms with Crippen molar-refractivity contribution in [2.75, 3.05) is 0 Å². The van der Waals surface area contributed by atoms with Crippen LogP contribution in [-0.4, -0.2) is 9.55 Å². The molecule has 0 aliphatic rings. The van der Waals surface area contributed by atoms with E-state index in [0.717, 1.165) is 22.3 Å². The Balaban J connectivity index is 2.00. The quantitative estimate of drug-likeness (QED) is 0.521. The molecule has 2 aromatic carbocycles. The fourth-order valence-corrected chi connectivity index (χ4v) is 2.91. The Bertz CT molecular complexity index is 922. The van der Waals surface area contributed by atoms with Crippen molar-refractivity contribution >= 4 is 11.0 Å². The Morgan fingerprint density at radius 2 is 1.45 bits per heavy atom. The van der Waals surface area contributed by atoms with Crippen molar-refractivity contribution in [1.29, 1.82) is 0 Å². The first-order valence-electron chi connectivity index (χ1n) is 7.32. The summed E-state index contributed by atoms with van der Waals surface area (Å²) >= 11 is 0. The molecule has 1 radical (unpaired) electrons. The highest BCUT2D eigenvalue weighted by Gasteiger charge is 2.13. The van der Waals surface area contributed by atoms with Crippen LogP contribution in [0.4, 0.5) is 0 Å². The average Bonchev–Trinajstić information content (AvgIpc) is 2.94. The first-order valence-corrected chi connectivity index (χ1v) is 7.32. The zero-order valence-electron chi connectivity index (χ0n) is 12.3. The SMILES string of the molecule is Cn1c(-c2ccccc2)[c]c2nccc(-c3ccccc3)c21. The standard InChI is InChI=1S/C20H15N2/c1-22-19(16-10-6-3-7-11-16)14-18-20(22)17(12-13-21-18)15-8-4-2-5-9-15/h2-13H,1H3. The van der Waals surface area contributed by atoms with Gasteiger partial charge in [0, 0.05) is 24.9 Å². The van der Waals surface area contributed by atoms with Gasteiger partial charge >= 0.3 is 0 Å². The lowest BCUT2D eigenvalue weighted by Crippen LogP contribution is -1.93. The van der Waals surface area contributed by atoms with E-state index in [0.29, 0.717) is 0 Å². The van der Waals surface area contributed by atoms with Crippen molar-refractivity contribution in [1.82, 2.24) is 9.55 Å². The van der Waals surface area contributed by atoms with Gasteiger partial charge in [-0.05, 0) is 17.2 Å². The van der Waals surface area contributed by atoms with E-state index >= 15 is 0 Å². The van der Waals surface area contributed by atoms with E-state index in [2.05, 4.69) is 65.1 Å². The first-order chi connectivity index (χ1) is 10.8. The van der Waals surface area contributed by atoms with Gasteiger partial charge in [0.15, 0.2) is 0 Å². The van der Waals surface area contributed by atoms with Crippen LogP contribution in [0.1, 0.15) is 0 Å². The second-order valence-electron chi connectivity index (χ2n) is 5.32. The van der Waals surface area contributed by atoms with Crippen molar-refractivity contribution in [3.05, 3.63) is 79.0 Å². The van der Waals surface area contributed by atoms with Gasteiger partial charge in [0.25, 0.3) is 0 Å². The highest BCUT2D eigenvalue weighted by atomic mass is 15.0. The van der Waals surface area contributed by atoms with Crippen LogP contribution < -0.4 is 0 Å². The molecule has 0 saturated carbocycles. The van der Waals surface area contributed by atoms with E-state index in [1.54, 1.807) is 0 Å². The number of aryl methyl sites for hydroxylation is 1. The summed E-state index contributed by atoms with van der Waals surface area (Å²) < 4.78 is 2.18. The van der Waals surface area contributed by atoms with E-state index in [4.69, 9.17) is 0 Å². The smallest absolute Gasteiger partial charge is 0.0973 e. The normalized spacial score (nSPS) is 11.0.